The van der Waals surface area contributed by atoms with Gasteiger partial charge in [0.2, 0.25) is 0 Å². The molecule has 12 heteroatoms. The maximum absolute atomic E-state index is 12.5. The van der Waals surface area contributed by atoms with Crippen molar-refractivity contribution in [3.05, 3.63) is 11.3 Å². The lowest BCUT2D eigenvalue weighted by Gasteiger charge is -2.27. The van der Waals surface area contributed by atoms with Crippen LogP contribution in [0.4, 0.5) is 18.0 Å². The van der Waals surface area contributed by atoms with Gasteiger partial charge in [-0.05, 0) is 27.7 Å². The van der Waals surface area contributed by atoms with Gasteiger partial charge in [-0.2, -0.15) is 21.6 Å². The zero-order valence-electron chi connectivity index (χ0n) is 14.1. The summed E-state index contributed by atoms with van der Waals surface area (Å²) in [6.07, 6.45) is -0.954. The fraction of sp³-hybridized carbons (Fsp3) is 0.692. The van der Waals surface area contributed by atoms with Crippen molar-refractivity contribution in [1.82, 2.24) is 4.90 Å². The molecule has 0 aromatic carbocycles. The molecule has 1 atom stereocenters. The Hall–Kier alpha value is -1.98. The number of nitrogens with zero attached hydrogens (tertiary/aromatic N) is 1. The Bertz CT molecular complexity index is 691. The first-order valence-electron chi connectivity index (χ1n) is 6.92. The van der Waals surface area contributed by atoms with Crippen LogP contribution in [-0.2, 0) is 28.6 Å². The van der Waals surface area contributed by atoms with E-state index < -0.39 is 57.2 Å². The molecular weight excluding hydrogens is 371 g/mol. The van der Waals surface area contributed by atoms with Crippen LogP contribution >= 0.6 is 0 Å². The minimum atomic E-state index is -6.02. The van der Waals surface area contributed by atoms with E-state index in [0.717, 1.165) is 12.0 Å². The molecule has 25 heavy (non-hydrogen) atoms. The maximum atomic E-state index is 12.5. The SMILES string of the molecule is COC(=O)C1=C(OS(=O)(=O)C(F)(F)F)[C@H](C)N(C(=O)OC(C)(C)C)C1. The Kier molecular flexibility index (Phi) is 5.67. The standard InChI is InChI=1S/C13H18F3NO7S/c1-7-9(24-25(20,21)13(14,15)16)8(10(18)22-5)6-17(7)11(19)23-12(2,3)4/h7H,6H2,1-5H3/t7-/m0/s1. The largest absolute Gasteiger partial charge is 0.534 e. The summed E-state index contributed by atoms with van der Waals surface area (Å²) >= 11 is 0. The second-order valence-corrected chi connectivity index (χ2v) is 7.64. The summed E-state index contributed by atoms with van der Waals surface area (Å²) in [5.74, 6) is -1.96. The van der Waals surface area contributed by atoms with E-state index in [1.807, 2.05) is 0 Å². The van der Waals surface area contributed by atoms with Gasteiger partial charge in [-0.3, -0.25) is 4.90 Å². The lowest BCUT2D eigenvalue weighted by atomic mass is 10.2. The van der Waals surface area contributed by atoms with Crippen LogP contribution in [0.15, 0.2) is 11.3 Å². The number of methoxy groups -OCH3 is 1. The number of rotatable bonds is 3. The zero-order valence-corrected chi connectivity index (χ0v) is 14.9. The summed E-state index contributed by atoms with van der Waals surface area (Å²) in [6.45, 7) is 5.36. The average Bonchev–Trinajstić information content (AvgIpc) is 2.72. The van der Waals surface area contributed by atoms with Gasteiger partial charge in [-0.1, -0.05) is 0 Å². The molecule has 0 bridgehead atoms. The van der Waals surface area contributed by atoms with E-state index in [2.05, 4.69) is 8.92 Å². The molecule has 144 valence electrons. The Balaban J connectivity index is 3.21. The predicted molar refractivity (Wildman–Crippen MR) is 77.5 cm³/mol. The van der Waals surface area contributed by atoms with E-state index in [1.165, 1.54) is 6.92 Å². The molecule has 0 aromatic rings. The number of esters is 1. The number of carbonyl (C=O) groups is 2. The number of alkyl halides is 3. The normalized spacial score (nSPS) is 19.0. The van der Waals surface area contributed by atoms with Crippen LogP contribution in [0.1, 0.15) is 27.7 Å². The fourth-order valence-electron chi connectivity index (χ4n) is 1.90. The molecule has 8 nitrogen and oxygen atoms in total. The van der Waals surface area contributed by atoms with E-state index in [4.69, 9.17) is 4.74 Å². The molecule has 1 heterocycles. The van der Waals surface area contributed by atoms with Crippen LogP contribution < -0.4 is 0 Å². The van der Waals surface area contributed by atoms with Gasteiger partial charge >= 0.3 is 27.7 Å². The van der Waals surface area contributed by atoms with E-state index in [-0.39, 0.29) is 0 Å². The van der Waals surface area contributed by atoms with E-state index in [1.54, 1.807) is 20.8 Å². The van der Waals surface area contributed by atoms with Gasteiger partial charge in [0.05, 0.1) is 25.3 Å². The van der Waals surface area contributed by atoms with Crippen LogP contribution in [0, 0.1) is 0 Å². The van der Waals surface area contributed by atoms with Gasteiger partial charge in [0.15, 0.2) is 5.76 Å². The molecule has 1 aliphatic rings. The average molecular weight is 389 g/mol. The minimum Gasteiger partial charge on any atom is -0.466 e. The minimum absolute atomic E-state index is 0.520. The Morgan fingerprint density at radius 3 is 2.12 bits per heavy atom. The van der Waals surface area contributed by atoms with Gasteiger partial charge < -0.3 is 13.7 Å². The highest BCUT2D eigenvalue weighted by Gasteiger charge is 2.51. The van der Waals surface area contributed by atoms with Crippen molar-refractivity contribution in [3.63, 3.8) is 0 Å². The zero-order chi connectivity index (χ0) is 19.8. The van der Waals surface area contributed by atoms with Crippen LogP contribution in [0.3, 0.4) is 0 Å². The molecule has 0 saturated heterocycles. The molecule has 0 spiro atoms. The van der Waals surface area contributed by atoms with Crippen molar-refractivity contribution >= 4 is 22.2 Å². The third-order valence-corrected chi connectivity index (χ3v) is 3.98. The summed E-state index contributed by atoms with van der Waals surface area (Å²) < 4.78 is 73.7. The van der Waals surface area contributed by atoms with Crippen molar-refractivity contribution in [2.24, 2.45) is 0 Å². The quantitative estimate of drug-likeness (QED) is 0.413. The second kappa shape index (κ2) is 6.73. The molecule has 0 radical (unpaired) electrons. The van der Waals surface area contributed by atoms with Crippen molar-refractivity contribution in [1.29, 1.82) is 0 Å². The van der Waals surface area contributed by atoms with Gasteiger partial charge in [-0.15, -0.1) is 0 Å². The van der Waals surface area contributed by atoms with Crippen LogP contribution in [0.2, 0.25) is 0 Å². The summed E-state index contributed by atoms with van der Waals surface area (Å²) in [7, 11) is -5.07. The Morgan fingerprint density at radius 1 is 1.20 bits per heavy atom. The molecule has 0 fully saturated rings. The first-order chi connectivity index (χ1) is 11.1. The number of carbonyl (C=O) groups excluding carboxylic acids is 2. The molecule has 0 aromatic heterocycles. The molecule has 0 N–H and O–H groups in total. The molecule has 0 saturated carbocycles. The van der Waals surface area contributed by atoms with Crippen molar-refractivity contribution in [3.8, 4) is 0 Å². The highest BCUT2D eigenvalue weighted by molar-refractivity contribution is 7.87. The summed E-state index contributed by atoms with van der Waals surface area (Å²) in [5, 5.41) is 0. The van der Waals surface area contributed by atoms with Crippen molar-refractivity contribution < 1.29 is 44.8 Å². The van der Waals surface area contributed by atoms with Crippen molar-refractivity contribution in [2.75, 3.05) is 13.7 Å². The van der Waals surface area contributed by atoms with Gasteiger partial charge in [0.1, 0.15) is 5.60 Å². The molecule has 1 aliphatic heterocycles. The number of amides is 1. The van der Waals surface area contributed by atoms with Crippen LogP contribution in [0.25, 0.3) is 0 Å². The third-order valence-electron chi connectivity index (χ3n) is 3.02. The monoisotopic (exact) mass is 389 g/mol. The summed E-state index contributed by atoms with van der Waals surface area (Å²) in [5.41, 5.74) is -7.13. The topological polar surface area (TPSA) is 99.2 Å². The Morgan fingerprint density at radius 2 is 1.72 bits per heavy atom. The first-order valence-corrected chi connectivity index (χ1v) is 8.33. The van der Waals surface area contributed by atoms with Gasteiger partial charge in [-0.25, -0.2) is 9.59 Å². The van der Waals surface area contributed by atoms with Crippen molar-refractivity contribution in [2.45, 2.75) is 44.8 Å². The lowest BCUT2D eigenvalue weighted by molar-refractivity contribution is -0.136. The first kappa shape index (κ1) is 21.1. The highest BCUT2D eigenvalue weighted by atomic mass is 32.2. The fourth-order valence-corrected chi connectivity index (χ4v) is 2.47. The number of halogens is 3. The molecule has 1 amide bonds. The Labute approximate surface area is 142 Å². The molecule has 0 unspecified atom stereocenters. The van der Waals surface area contributed by atoms with Crippen LogP contribution in [-0.4, -0.2) is 56.2 Å². The van der Waals surface area contributed by atoms with Gasteiger partial charge in [0, 0.05) is 0 Å². The van der Waals surface area contributed by atoms with E-state index >= 15 is 0 Å². The summed E-state index contributed by atoms with van der Waals surface area (Å²) in [4.78, 5) is 24.7. The molecule has 1 rings (SSSR count). The second-order valence-electron chi connectivity index (χ2n) is 6.10. The third kappa shape index (κ3) is 4.77. The number of ether oxygens (including phenoxy) is 2. The number of hydrogen-bond acceptors (Lipinski definition) is 7. The smallest absolute Gasteiger partial charge is 0.466 e. The molecular formula is C13H18F3NO7S. The lowest BCUT2D eigenvalue weighted by Crippen LogP contribution is -2.40. The van der Waals surface area contributed by atoms with E-state index in [9.17, 15) is 31.2 Å². The number of hydrogen-bond donors (Lipinski definition) is 0. The van der Waals surface area contributed by atoms with Gasteiger partial charge in [0.25, 0.3) is 0 Å². The maximum Gasteiger partial charge on any atom is 0.534 e. The predicted octanol–water partition coefficient (Wildman–Crippen LogP) is 1.92. The van der Waals surface area contributed by atoms with Crippen LogP contribution in [0.5, 0.6) is 0 Å². The highest BCUT2D eigenvalue weighted by Crippen LogP contribution is 2.33. The molecule has 0 aliphatic carbocycles. The summed E-state index contributed by atoms with van der Waals surface area (Å²) in [6, 6.07) is -1.29. The van der Waals surface area contributed by atoms with E-state index in [0.29, 0.717) is 0 Å².